The summed E-state index contributed by atoms with van der Waals surface area (Å²) in [6, 6.07) is 19.3. The van der Waals surface area contributed by atoms with Crippen molar-refractivity contribution >= 4 is 39.0 Å². The average molecular weight is 361 g/mol. The number of nitrogens with one attached hydrogen (secondary N) is 1. The monoisotopic (exact) mass is 359 g/mol. The van der Waals surface area contributed by atoms with E-state index in [1.165, 1.54) is 0 Å². The van der Waals surface area contributed by atoms with Gasteiger partial charge in [0.15, 0.2) is 5.82 Å². The maximum absolute atomic E-state index is 6.10. The SMILES string of the molecule is Clc1cc(Nc2ccccc2Br)nc(-c2ccccc2)n1. The molecule has 104 valence electrons. The summed E-state index contributed by atoms with van der Waals surface area (Å²) >= 11 is 9.60. The molecule has 2 aromatic carbocycles. The Labute approximate surface area is 136 Å². The Hall–Kier alpha value is -1.91. The molecule has 0 amide bonds. The third-order valence-electron chi connectivity index (χ3n) is 2.86. The molecule has 0 aliphatic rings. The van der Waals surface area contributed by atoms with E-state index in [0.717, 1.165) is 15.7 Å². The van der Waals surface area contributed by atoms with Gasteiger partial charge in [0.1, 0.15) is 11.0 Å². The van der Waals surface area contributed by atoms with Crippen LogP contribution in [0.15, 0.2) is 65.1 Å². The van der Waals surface area contributed by atoms with E-state index in [2.05, 4.69) is 31.2 Å². The highest BCUT2D eigenvalue weighted by Crippen LogP contribution is 2.26. The van der Waals surface area contributed by atoms with E-state index in [0.29, 0.717) is 16.8 Å². The van der Waals surface area contributed by atoms with Crippen LogP contribution in [0.4, 0.5) is 11.5 Å². The second-order valence-corrected chi connectivity index (χ2v) is 5.61. The molecule has 3 nitrogen and oxygen atoms in total. The van der Waals surface area contributed by atoms with Crippen molar-refractivity contribution in [3.63, 3.8) is 0 Å². The van der Waals surface area contributed by atoms with Crippen LogP contribution >= 0.6 is 27.5 Å². The van der Waals surface area contributed by atoms with Crippen LogP contribution in [0.1, 0.15) is 0 Å². The molecule has 1 aromatic heterocycles. The van der Waals surface area contributed by atoms with Crippen LogP contribution in [-0.4, -0.2) is 9.97 Å². The maximum atomic E-state index is 6.10. The normalized spacial score (nSPS) is 10.4. The van der Waals surface area contributed by atoms with E-state index in [1.54, 1.807) is 6.07 Å². The van der Waals surface area contributed by atoms with Gasteiger partial charge < -0.3 is 5.32 Å². The van der Waals surface area contributed by atoms with Gasteiger partial charge in [-0.15, -0.1) is 0 Å². The third-order valence-corrected chi connectivity index (χ3v) is 3.75. The molecule has 0 radical (unpaired) electrons. The molecule has 21 heavy (non-hydrogen) atoms. The van der Waals surface area contributed by atoms with Crippen molar-refractivity contribution in [1.29, 1.82) is 0 Å². The standard InChI is InChI=1S/C16H11BrClN3/c17-12-8-4-5-9-13(12)19-15-10-14(18)20-16(21-15)11-6-2-1-3-7-11/h1-10H,(H,19,20,21). The number of aromatic nitrogens is 2. The van der Waals surface area contributed by atoms with Gasteiger partial charge >= 0.3 is 0 Å². The molecule has 0 saturated heterocycles. The van der Waals surface area contributed by atoms with Crippen molar-refractivity contribution in [2.45, 2.75) is 0 Å². The molecule has 1 heterocycles. The third kappa shape index (κ3) is 3.40. The quantitative estimate of drug-likeness (QED) is 0.644. The fourth-order valence-electron chi connectivity index (χ4n) is 1.90. The number of para-hydroxylation sites is 1. The van der Waals surface area contributed by atoms with Gasteiger partial charge in [-0.3, -0.25) is 0 Å². The van der Waals surface area contributed by atoms with Crippen molar-refractivity contribution in [1.82, 2.24) is 9.97 Å². The zero-order chi connectivity index (χ0) is 14.7. The Morgan fingerprint density at radius 2 is 1.62 bits per heavy atom. The molecular formula is C16H11BrClN3. The second kappa shape index (κ2) is 6.24. The molecular weight excluding hydrogens is 350 g/mol. The molecule has 0 fully saturated rings. The van der Waals surface area contributed by atoms with Gasteiger partial charge in [0.2, 0.25) is 0 Å². The van der Waals surface area contributed by atoms with Crippen LogP contribution in [0, 0.1) is 0 Å². The first-order chi connectivity index (χ1) is 10.2. The minimum absolute atomic E-state index is 0.401. The van der Waals surface area contributed by atoms with Gasteiger partial charge in [-0.05, 0) is 28.1 Å². The minimum atomic E-state index is 0.401. The van der Waals surface area contributed by atoms with Crippen LogP contribution < -0.4 is 5.32 Å². The number of hydrogen-bond donors (Lipinski definition) is 1. The average Bonchev–Trinajstić information content (AvgIpc) is 2.50. The first-order valence-electron chi connectivity index (χ1n) is 6.34. The Morgan fingerprint density at radius 1 is 0.905 bits per heavy atom. The van der Waals surface area contributed by atoms with E-state index < -0.39 is 0 Å². The summed E-state index contributed by atoms with van der Waals surface area (Å²) in [4.78, 5) is 8.78. The van der Waals surface area contributed by atoms with Crippen LogP contribution in [0.25, 0.3) is 11.4 Å². The molecule has 1 N–H and O–H groups in total. The van der Waals surface area contributed by atoms with Crippen molar-refractivity contribution in [2.24, 2.45) is 0 Å². The van der Waals surface area contributed by atoms with E-state index in [1.807, 2.05) is 54.6 Å². The van der Waals surface area contributed by atoms with Crippen LogP contribution in [0.3, 0.4) is 0 Å². The Kier molecular flexibility index (Phi) is 4.18. The Balaban J connectivity index is 1.97. The number of hydrogen-bond acceptors (Lipinski definition) is 3. The second-order valence-electron chi connectivity index (χ2n) is 4.37. The molecule has 3 rings (SSSR count). The molecule has 0 aliphatic carbocycles. The molecule has 5 heteroatoms. The van der Waals surface area contributed by atoms with Gasteiger partial charge in [-0.2, -0.15) is 0 Å². The molecule has 0 spiro atoms. The summed E-state index contributed by atoms with van der Waals surface area (Å²) in [6.07, 6.45) is 0. The number of nitrogens with zero attached hydrogens (tertiary/aromatic N) is 2. The van der Waals surface area contributed by atoms with Crippen LogP contribution in [-0.2, 0) is 0 Å². The lowest BCUT2D eigenvalue weighted by atomic mass is 10.2. The summed E-state index contributed by atoms with van der Waals surface area (Å²) in [7, 11) is 0. The van der Waals surface area contributed by atoms with Crippen LogP contribution in [0.5, 0.6) is 0 Å². The van der Waals surface area contributed by atoms with Gasteiger partial charge in [0.25, 0.3) is 0 Å². The number of benzene rings is 2. The first kappa shape index (κ1) is 14.0. The molecule has 0 aliphatic heterocycles. The number of anilines is 2. The Bertz CT molecular complexity index is 762. The zero-order valence-electron chi connectivity index (χ0n) is 10.9. The topological polar surface area (TPSA) is 37.8 Å². The smallest absolute Gasteiger partial charge is 0.163 e. The predicted molar refractivity (Wildman–Crippen MR) is 89.9 cm³/mol. The first-order valence-corrected chi connectivity index (χ1v) is 7.51. The van der Waals surface area contributed by atoms with Crippen LogP contribution in [0.2, 0.25) is 5.15 Å². The fraction of sp³-hybridized carbons (Fsp3) is 0. The largest absolute Gasteiger partial charge is 0.339 e. The zero-order valence-corrected chi connectivity index (χ0v) is 13.3. The van der Waals surface area contributed by atoms with E-state index in [4.69, 9.17) is 11.6 Å². The van der Waals surface area contributed by atoms with Crippen molar-refractivity contribution < 1.29 is 0 Å². The van der Waals surface area contributed by atoms with Gasteiger partial charge in [-0.1, -0.05) is 54.1 Å². The summed E-state index contributed by atoms with van der Waals surface area (Å²) in [5.74, 6) is 1.25. The summed E-state index contributed by atoms with van der Waals surface area (Å²) in [5, 5.41) is 3.64. The highest BCUT2D eigenvalue weighted by atomic mass is 79.9. The van der Waals surface area contributed by atoms with Gasteiger partial charge in [0, 0.05) is 16.1 Å². The van der Waals surface area contributed by atoms with Gasteiger partial charge in [-0.25, -0.2) is 9.97 Å². The predicted octanol–water partition coefficient (Wildman–Crippen LogP) is 5.30. The minimum Gasteiger partial charge on any atom is -0.339 e. The maximum Gasteiger partial charge on any atom is 0.163 e. The van der Waals surface area contributed by atoms with Gasteiger partial charge in [0.05, 0.1) is 5.69 Å². The summed E-state index contributed by atoms with van der Waals surface area (Å²) in [6.45, 7) is 0. The van der Waals surface area contributed by atoms with Crippen molar-refractivity contribution in [2.75, 3.05) is 5.32 Å². The molecule has 0 bridgehead atoms. The van der Waals surface area contributed by atoms with E-state index >= 15 is 0 Å². The highest BCUT2D eigenvalue weighted by molar-refractivity contribution is 9.10. The van der Waals surface area contributed by atoms with E-state index in [9.17, 15) is 0 Å². The van der Waals surface area contributed by atoms with Crippen molar-refractivity contribution in [3.8, 4) is 11.4 Å². The Morgan fingerprint density at radius 3 is 2.38 bits per heavy atom. The molecule has 0 atom stereocenters. The molecule has 0 unspecified atom stereocenters. The lowest BCUT2D eigenvalue weighted by Crippen LogP contribution is -1.98. The lowest BCUT2D eigenvalue weighted by molar-refractivity contribution is 1.17. The summed E-state index contributed by atoms with van der Waals surface area (Å²) < 4.78 is 0.959. The van der Waals surface area contributed by atoms with E-state index in [-0.39, 0.29) is 0 Å². The molecule has 3 aromatic rings. The van der Waals surface area contributed by atoms with Crippen molar-refractivity contribution in [3.05, 3.63) is 70.3 Å². The fourth-order valence-corrected chi connectivity index (χ4v) is 2.47. The summed E-state index contributed by atoms with van der Waals surface area (Å²) in [5.41, 5.74) is 1.85. The molecule has 0 saturated carbocycles. The highest BCUT2D eigenvalue weighted by Gasteiger charge is 2.07. The lowest BCUT2D eigenvalue weighted by Gasteiger charge is -2.09. The number of rotatable bonds is 3. The number of halogens is 2.